The summed E-state index contributed by atoms with van der Waals surface area (Å²) >= 11 is 0. The van der Waals surface area contributed by atoms with Crippen LogP contribution >= 0.6 is 0 Å². The van der Waals surface area contributed by atoms with Crippen molar-refractivity contribution in [2.75, 3.05) is 19.7 Å². The summed E-state index contributed by atoms with van der Waals surface area (Å²) in [5, 5.41) is 0. The van der Waals surface area contributed by atoms with Gasteiger partial charge >= 0.3 is 5.97 Å². The van der Waals surface area contributed by atoms with Gasteiger partial charge in [-0.3, -0.25) is 0 Å². The molecule has 0 heterocycles. The van der Waals surface area contributed by atoms with Gasteiger partial charge in [0.1, 0.15) is 6.61 Å². The van der Waals surface area contributed by atoms with Crippen molar-refractivity contribution in [3.05, 3.63) is 36.6 Å². The van der Waals surface area contributed by atoms with Gasteiger partial charge in [0, 0.05) is 17.8 Å². The second kappa shape index (κ2) is 10.4. The third kappa shape index (κ3) is 7.50. The quantitative estimate of drug-likeness (QED) is 0.343. The molecule has 0 aliphatic rings. The van der Waals surface area contributed by atoms with Crippen molar-refractivity contribution in [3.63, 3.8) is 0 Å². The molecule has 0 radical (unpaired) electrons. The van der Waals surface area contributed by atoms with Gasteiger partial charge in [-0.2, -0.15) is 0 Å². The number of carbonyl (C=O) groups is 1. The summed E-state index contributed by atoms with van der Waals surface area (Å²) in [4.78, 5) is 13.6. The third-order valence-corrected chi connectivity index (χ3v) is 2.76. The second-order valence-corrected chi connectivity index (χ2v) is 4.47. The van der Waals surface area contributed by atoms with E-state index in [9.17, 15) is 4.79 Å². The van der Waals surface area contributed by atoms with Crippen molar-refractivity contribution >= 4 is 5.97 Å². The molecule has 0 aromatic heterocycles. The molecule has 19 heavy (non-hydrogen) atoms. The Labute approximate surface area is 117 Å². The summed E-state index contributed by atoms with van der Waals surface area (Å²) in [5.74, 6) is -0.317. The maximum absolute atomic E-state index is 11.3. The minimum atomic E-state index is -0.317. The Hall–Kier alpha value is -1.51. The van der Waals surface area contributed by atoms with E-state index < -0.39 is 0 Å². The summed E-state index contributed by atoms with van der Waals surface area (Å²) in [6.07, 6.45) is 7.10. The van der Waals surface area contributed by atoms with E-state index in [0.29, 0.717) is 12.2 Å². The van der Waals surface area contributed by atoms with E-state index in [0.717, 1.165) is 32.4 Å². The maximum Gasteiger partial charge on any atom is 0.333 e. The van der Waals surface area contributed by atoms with Gasteiger partial charge in [0.05, 0.1) is 6.54 Å². The molecule has 0 saturated carbocycles. The molecule has 0 aliphatic heterocycles. The average molecular weight is 265 g/mol. The number of likely N-dealkylation sites (N-methyl/N-ethyl adjacent to an activating group) is 1. The molecule has 0 N–H and O–H groups in total. The van der Waals surface area contributed by atoms with Crippen LogP contribution in [0.4, 0.5) is 0 Å². The molecule has 0 aromatic carbocycles. The van der Waals surface area contributed by atoms with Gasteiger partial charge in [0.2, 0.25) is 0 Å². The fourth-order valence-corrected chi connectivity index (χ4v) is 1.74. The number of ether oxygens (including phenoxy) is 1. The van der Waals surface area contributed by atoms with Crippen molar-refractivity contribution in [1.29, 1.82) is 0 Å². The van der Waals surface area contributed by atoms with E-state index in [2.05, 4.69) is 38.0 Å². The monoisotopic (exact) mass is 265 g/mol. The summed E-state index contributed by atoms with van der Waals surface area (Å²) < 4.78 is 5.14. The van der Waals surface area contributed by atoms with Crippen LogP contribution in [-0.4, -0.2) is 30.6 Å². The van der Waals surface area contributed by atoms with Gasteiger partial charge in [-0.25, -0.2) is 4.79 Å². The molecule has 0 rings (SSSR count). The molecule has 0 aromatic rings. The molecule has 3 nitrogen and oxygen atoms in total. The Balaban J connectivity index is 4.39. The van der Waals surface area contributed by atoms with Crippen molar-refractivity contribution in [3.8, 4) is 0 Å². The highest BCUT2D eigenvalue weighted by molar-refractivity contribution is 5.86. The fraction of sp³-hybridized carbons (Fsp3) is 0.562. The zero-order valence-electron chi connectivity index (χ0n) is 12.6. The van der Waals surface area contributed by atoms with Crippen molar-refractivity contribution < 1.29 is 9.53 Å². The first-order chi connectivity index (χ1) is 9.06. The van der Waals surface area contributed by atoms with Gasteiger partial charge in [0.15, 0.2) is 0 Å². The minimum Gasteiger partial charge on any atom is -0.460 e. The highest BCUT2D eigenvalue weighted by Crippen LogP contribution is 2.12. The molecule has 0 saturated heterocycles. The molecule has 0 unspecified atom stereocenters. The Morgan fingerprint density at radius 2 is 2.05 bits per heavy atom. The van der Waals surface area contributed by atoms with E-state index in [1.54, 1.807) is 6.92 Å². The molecule has 0 fully saturated rings. The first-order valence-electron chi connectivity index (χ1n) is 6.94. The first kappa shape index (κ1) is 17.5. The molecule has 0 bridgehead atoms. The summed E-state index contributed by atoms with van der Waals surface area (Å²) in [6, 6.07) is 0. The number of esters is 1. The Kier molecular flexibility index (Phi) is 9.59. The summed E-state index contributed by atoms with van der Waals surface area (Å²) in [5.41, 5.74) is 1.75. The van der Waals surface area contributed by atoms with Crippen molar-refractivity contribution in [2.45, 2.75) is 40.0 Å². The maximum atomic E-state index is 11.3. The normalized spacial score (nSPS) is 11.0. The molecule has 3 heteroatoms. The molecule has 0 aliphatic carbocycles. The Morgan fingerprint density at radius 1 is 1.37 bits per heavy atom. The molecule has 0 spiro atoms. The smallest absolute Gasteiger partial charge is 0.333 e. The number of rotatable bonds is 10. The lowest BCUT2D eigenvalue weighted by atomic mass is 10.2. The van der Waals surface area contributed by atoms with Gasteiger partial charge in [-0.1, -0.05) is 32.1 Å². The van der Waals surface area contributed by atoms with Crippen molar-refractivity contribution in [1.82, 2.24) is 4.90 Å². The van der Waals surface area contributed by atoms with Crippen LogP contribution in [0.15, 0.2) is 36.6 Å². The van der Waals surface area contributed by atoms with Crippen LogP contribution in [0.1, 0.15) is 40.0 Å². The lowest BCUT2D eigenvalue weighted by Gasteiger charge is -2.26. The van der Waals surface area contributed by atoms with Crippen LogP contribution in [0.3, 0.4) is 0 Å². The van der Waals surface area contributed by atoms with Crippen LogP contribution in [0.5, 0.6) is 0 Å². The van der Waals surface area contributed by atoms with Gasteiger partial charge < -0.3 is 9.64 Å². The largest absolute Gasteiger partial charge is 0.460 e. The van der Waals surface area contributed by atoms with Crippen molar-refractivity contribution in [2.24, 2.45) is 0 Å². The summed E-state index contributed by atoms with van der Waals surface area (Å²) in [7, 11) is 0. The fourth-order valence-electron chi connectivity index (χ4n) is 1.74. The van der Waals surface area contributed by atoms with Crippen LogP contribution in [-0.2, 0) is 9.53 Å². The predicted octanol–water partition coefficient (Wildman–Crippen LogP) is 3.69. The van der Waals surface area contributed by atoms with Gasteiger partial charge in [0.25, 0.3) is 0 Å². The number of nitrogens with zero attached hydrogens (tertiary/aromatic N) is 1. The van der Waals surface area contributed by atoms with Crippen LogP contribution in [0.2, 0.25) is 0 Å². The average Bonchev–Trinajstić information content (AvgIpc) is 2.39. The van der Waals surface area contributed by atoms with Crippen LogP contribution in [0, 0.1) is 0 Å². The Morgan fingerprint density at radius 3 is 2.53 bits per heavy atom. The highest BCUT2D eigenvalue weighted by atomic mass is 16.5. The predicted molar refractivity (Wildman–Crippen MR) is 80.8 cm³/mol. The van der Waals surface area contributed by atoms with E-state index in [4.69, 9.17) is 4.74 Å². The Bertz CT molecular complexity index is 332. The minimum absolute atomic E-state index is 0.317. The van der Waals surface area contributed by atoms with Crippen LogP contribution in [0.25, 0.3) is 0 Å². The SMILES string of the molecule is C=CC/C=C(\CCC)N(CC)CCOC(=O)C(=C)C. The molecular formula is C16H27NO2. The topological polar surface area (TPSA) is 29.5 Å². The summed E-state index contributed by atoms with van der Waals surface area (Å²) in [6.45, 7) is 15.3. The standard InChI is InChI=1S/C16H27NO2/c1-6-9-11-15(10-7-2)17(8-3)12-13-19-16(18)14(4)5/h6,11H,1,4,7-10,12-13H2,2-3,5H3/b15-11+. The third-order valence-electron chi connectivity index (χ3n) is 2.76. The van der Waals surface area contributed by atoms with E-state index in [-0.39, 0.29) is 5.97 Å². The lowest BCUT2D eigenvalue weighted by Crippen LogP contribution is -2.28. The molecule has 0 amide bonds. The number of carbonyl (C=O) groups excluding carboxylic acids is 1. The highest BCUT2D eigenvalue weighted by Gasteiger charge is 2.08. The molecule has 0 atom stereocenters. The zero-order chi connectivity index (χ0) is 14.7. The lowest BCUT2D eigenvalue weighted by molar-refractivity contribution is -0.139. The number of allylic oxidation sites excluding steroid dienone is 3. The van der Waals surface area contributed by atoms with Gasteiger partial charge in [-0.05, 0) is 26.7 Å². The first-order valence-corrected chi connectivity index (χ1v) is 6.94. The molecular weight excluding hydrogens is 238 g/mol. The van der Waals surface area contributed by atoms with Crippen LogP contribution < -0.4 is 0 Å². The van der Waals surface area contributed by atoms with E-state index in [1.807, 2.05) is 6.08 Å². The van der Waals surface area contributed by atoms with E-state index >= 15 is 0 Å². The number of hydrogen-bond acceptors (Lipinski definition) is 3. The van der Waals surface area contributed by atoms with Gasteiger partial charge in [-0.15, -0.1) is 6.58 Å². The zero-order valence-corrected chi connectivity index (χ0v) is 12.6. The second-order valence-electron chi connectivity index (χ2n) is 4.47. The number of hydrogen-bond donors (Lipinski definition) is 0. The van der Waals surface area contributed by atoms with E-state index in [1.165, 1.54) is 5.70 Å². The molecule has 108 valence electrons.